The molecule has 0 amide bonds. The molecular weight excluding hydrogens is 160 g/mol. The molecule has 0 aliphatic carbocycles. The summed E-state index contributed by atoms with van der Waals surface area (Å²) in [4.78, 5) is 2.58. The lowest BCUT2D eigenvalue weighted by Crippen LogP contribution is -2.49. The molecule has 0 saturated carbocycles. The molecule has 1 aliphatic rings. The molecule has 0 spiro atoms. The third-order valence-electron chi connectivity index (χ3n) is 3.17. The molecule has 1 rings (SSSR count). The molecule has 0 bridgehead atoms. The van der Waals surface area contributed by atoms with Crippen LogP contribution in [-0.4, -0.2) is 37.1 Å². The molecule has 1 saturated heterocycles. The van der Waals surface area contributed by atoms with Gasteiger partial charge >= 0.3 is 0 Å². The van der Waals surface area contributed by atoms with E-state index in [1.165, 1.54) is 32.5 Å². The van der Waals surface area contributed by atoms with Crippen LogP contribution in [-0.2, 0) is 0 Å². The average Bonchev–Trinajstić information content (AvgIpc) is 2.09. The van der Waals surface area contributed by atoms with Gasteiger partial charge in [0.05, 0.1) is 0 Å². The number of likely N-dealkylation sites (N-methyl/N-ethyl adjacent to an activating group) is 1. The number of likely N-dealkylation sites (tertiary alicyclic amines) is 1. The van der Waals surface area contributed by atoms with Gasteiger partial charge in [-0.15, -0.1) is 0 Å². The van der Waals surface area contributed by atoms with E-state index in [2.05, 4.69) is 31.0 Å². The summed E-state index contributed by atoms with van der Waals surface area (Å²) in [6.07, 6.45) is 2.75. The van der Waals surface area contributed by atoms with Crippen molar-refractivity contribution < 1.29 is 0 Å². The Hall–Kier alpha value is -0.0800. The lowest BCUT2D eigenvalue weighted by atomic mass is 9.97. The predicted molar refractivity (Wildman–Crippen MR) is 58.0 cm³/mol. The molecule has 0 aromatic heterocycles. The number of hydrogen-bond acceptors (Lipinski definition) is 2. The van der Waals surface area contributed by atoms with Crippen molar-refractivity contribution in [2.45, 2.75) is 39.2 Å². The van der Waals surface area contributed by atoms with Gasteiger partial charge in [0.1, 0.15) is 0 Å². The molecule has 0 unspecified atom stereocenters. The maximum absolute atomic E-state index is 3.36. The van der Waals surface area contributed by atoms with Crippen molar-refractivity contribution >= 4 is 0 Å². The summed E-state index contributed by atoms with van der Waals surface area (Å²) in [6.45, 7) is 10.6. The van der Waals surface area contributed by atoms with E-state index < -0.39 is 0 Å². The minimum Gasteiger partial charge on any atom is -0.314 e. The Labute approximate surface area is 82.7 Å². The Bertz CT molecular complexity index is 146. The molecule has 0 radical (unpaired) electrons. The summed E-state index contributed by atoms with van der Waals surface area (Å²) < 4.78 is 0. The minimum absolute atomic E-state index is 0.264. The average molecular weight is 184 g/mol. The highest BCUT2D eigenvalue weighted by Crippen LogP contribution is 2.17. The molecule has 0 aromatic carbocycles. The molecule has 0 atom stereocenters. The van der Waals surface area contributed by atoms with Crippen LogP contribution in [0.25, 0.3) is 0 Å². The molecule has 13 heavy (non-hydrogen) atoms. The third kappa shape index (κ3) is 3.65. The fourth-order valence-electron chi connectivity index (χ4n) is 1.86. The lowest BCUT2D eigenvalue weighted by molar-refractivity contribution is 0.153. The Morgan fingerprint density at radius 3 is 2.31 bits per heavy atom. The van der Waals surface area contributed by atoms with E-state index in [0.29, 0.717) is 0 Å². The van der Waals surface area contributed by atoms with Gasteiger partial charge in [0.2, 0.25) is 0 Å². The fourth-order valence-corrected chi connectivity index (χ4v) is 1.86. The Morgan fingerprint density at radius 1 is 1.31 bits per heavy atom. The van der Waals surface area contributed by atoms with Crippen molar-refractivity contribution in [1.82, 2.24) is 10.2 Å². The zero-order valence-electron chi connectivity index (χ0n) is 9.56. The first-order valence-electron chi connectivity index (χ1n) is 5.45. The van der Waals surface area contributed by atoms with Gasteiger partial charge in [0.25, 0.3) is 0 Å². The summed E-state index contributed by atoms with van der Waals surface area (Å²) in [5.41, 5.74) is 0.264. The van der Waals surface area contributed by atoms with E-state index in [1.54, 1.807) is 0 Å². The molecule has 1 heterocycles. The lowest BCUT2D eigenvalue weighted by Gasteiger charge is -2.36. The summed E-state index contributed by atoms with van der Waals surface area (Å²) >= 11 is 0. The first kappa shape index (κ1) is 11.0. The summed E-state index contributed by atoms with van der Waals surface area (Å²) in [6, 6.07) is 0. The van der Waals surface area contributed by atoms with Crippen molar-refractivity contribution in [3.63, 3.8) is 0 Å². The second-order valence-corrected chi connectivity index (χ2v) is 5.09. The normalized spacial score (nSPS) is 22.2. The van der Waals surface area contributed by atoms with Crippen LogP contribution in [0, 0.1) is 5.92 Å². The van der Waals surface area contributed by atoms with Gasteiger partial charge in [-0.05, 0) is 52.7 Å². The van der Waals surface area contributed by atoms with E-state index in [-0.39, 0.29) is 5.54 Å². The molecule has 2 nitrogen and oxygen atoms in total. The Morgan fingerprint density at radius 2 is 1.85 bits per heavy atom. The van der Waals surface area contributed by atoms with Crippen molar-refractivity contribution in [2.24, 2.45) is 5.92 Å². The number of nitrogens with zero attached hydrogens (tertiary/aromatic N) is 1. The van der Waals surface area contributed by atoms with E-state index >= 15 is 0 Å². The molecular formula is C11H24N2. The van der Waals surface area contributed by atoms with Crippen LogP contribution < -0.4 is 5.32 Å². The maximum Gasteiger partial charge on any atom is 0.0249 e. The first-order chi connectivity index (χ1) is 6.03. The highest BCUT2D eigenvalue weighted by Gasteiger charge is 2.22. The van der Waals surface area contributed by atoms with Gasteiger partial charge in [-0.2, -0.15) is 0 Å². The van der Waals surface area contributed by atoms with Gasteiger partial charge in [0.15, 0.2) is 0 Å². The molecule has 1 aliphatic heterocycles. The minimum atomic E-state index is 0.264. The number of piperidine rings is 1. The zero-order valence-corrected chi connectivity index (χ0v) is 9.56. The molecule has 78 valence electrons. The monoisotopic (exact) mass is 184 g/mol. The molecule has 1 N–H and O–H groups in total. The fraction of sp³-hybridized carbons (Fsp3) is 1.00. The summed E-state index contributed by atoms with van der Waals surface area (Å²) in [7, 11) is 2.05. The number of rotatable bonds is 3. The van der Waals surface area contributed by atoms with Crippen LogP contribution in [0.4, 0.5) is 0 Å². The van der Waals surface area contributed by atoms with Crippen LogP contribution in [0.3, 0.4) is 0 Å². The summed E-state index contributed by atoms with van der Waals surface area (Å²) in [5, 5.41) is 3.36. The Balaban J connectivity index is 2.30. The maximum atomic E-state index is 3.36. The third-order valence-corrected chi connectivity index (χ3v) is 3.17. The van der Waals surface area contributed by atoms with Gasteiger partial charge in [0, 0.05) is 12.1 Å². The van der Waals surface area contributed by atoms with E-state index in [1.807, 2.05) is 7.05 Å². The van der Waals surface area contributed by atoms with Crippen molar-refractivity contribution in [3.8, 4) is 0 Å². The molecule has 1 fully saturated rings. The largest absolute Gasteiger partial charge is 0.314 e. The van der Waals surface area contributed by atoms with Gasteiger partial charge in [-0.25, -0.2) is 0 Å². The smallest absolute Gasteiger partial charge is 0.0249 e. The topological polar surface area (TPSA) is 15.3 Å². The summed E-state index contributed by atoms with van der Waals surface area (Å²) in [5.74, 6) is 0.939. The van der Waals surface area contributed by atoms with E-state index in [9.17, 15) is 0 Å². The Kier molecular flexibility index (Phi) is 3.74. The van der Waals surface area contributed by atoms with Gasteiger partial charge < -0.3 is 10.2 Å². The van der Waals surface area contributed by atoms with Crippen LogP contribution in [0.15, 0.2) is 0 Å². The predicted octanol–water partition coefficient (Wildman–Crippen LogP) is 1.72. The number of hydrogen-bond donors (Lipinski definition) is 1. The highest BCUT2D eigenvalue weighted by molar-refractivity contribution is 4.82. The van der Waals surface area contributed by atoms with E-state index in [0.717, 1.165) is 5.92 Å². The molecule has 2 heteroatoms. The van der Waals surface area contributed by atoms with Crippen molar-refractivity contribution in [3.05, 3.63) is 0 Å². The molecule has 0 aromatic rings. The van der Waals surface area contributed by atoms with Crippen LogP contribution >= 0.6 is 0 Å². The quantitative estimate of drug-likeness (QED) is 0.718. The second-order valence-electron chi connectivity index (χ2n) is 5.09. The van der Waals surface area contributed by atoms with Crippen LogP contribution in [0.5, 0.6) is 0 Å². The van der Waals surface area contributed by atoms with Crippen LogP contribution in [0.2, 0.25) is 0 Å². The standard InChI is InChI=1S/C11H24N2/c1-10-5-7-13(8-6-10)9-11(2,3)12-4/h10,12H,5-9H2,1-4H3. The van der Waals surface area contributed by atoms with E-state index in [4.69, 9.17) is 0 Å². The zero-order chi connectivity index (χ0) is 9.90. The SMILES string of the molecule is CNC(C)(C)CN1CCC(C)CC1. The number of nitrogens with one attached hydrogen (secondary N) is 1. The van der Waals surface area contributed by atoms with Crippen LogP contribution in [0.1, 0.15) is 33.6 Å². The highest BCUT2D eigenvalue weighted by atomic mass is 15.2. The first-order valence-corrected chi connectivity index (χ1v) is 5.45. The van der Waals surface area contributed by atoms with Gasteiger partial charge in [-0.1, -0.05) is 6.92 Å². The van der Waals surface area contributed by atoms with Crippen molar-refractivity contribution in [2.75, 3.05) is 26.7 Å². The van der Waals surface area contributed by atoms with Crippen molar-refractivity contribution in [1.29, 1.82) is 0 Å². The second kappa shape index (κ2) is 4.43. The van der Waals surface area contributed by atoms with Gasteiger partial charge in [-0.3, -0.25) is 0 Å².